The number of amides is 1. The van der Waals surface area contributed by atoms with Crippen LogP contribution in [-0.4, -0.2) is 53.4 Å². The highest BCUT2D eigenvalue weighted by Crippen LogP contribution is 2.46. The largest absolute Gasteiger partial charge is 0.323 e. The Labute approximate surface area is 90.4 Å². The Morgan fingerprint density at radius 1 is 1.53 bits per heavy atom. The van der Waals surface area contributed by atoms with Crippen molar-refractivity contribution in [2.45, 2.75) is 31.6 Å². The van der Waals surface area contributed by atoms with Crippen molar-refractivity contribution in [3.05, 3.63) is 0 Å². The molecule has 1 aliphatic rings. The molecule has 1 atom stereocenters. The second kappa shape index (κ2) is 4.64. The van der Waals surface area contributed by atoms with Gasteiger partial charge in [-0.25, -0.2) is 5.06 Å². The monoisotopic (exact) mass is 234 g/mol. The summed E-state index contributed by atoms with van der Waals surface area (Å²) in [7, 11) is -2.22. The Bertz CT molecular complexity index is 275. The Morgan fingerprint density at radius 2 is 2.07 bits per heavy atom. The van der Waals surface area contributed by atoms with Crippen LogP contribution >= 0.6 is 7.14 Å². The van der Waals surface area contributed by atoms with Crippen LogP contribution in [0.4, 0.5) is 0 Å². The number of hydrogen-bond donors (Lipinski definition) is 1. The Morgan fingerprint density at radius 3 is 2.40 bits per heavy atom. The number of carbonyl (C=O) groups excluding carboxylic acids is 1. The van der Waals surface area contributed by atoms with Crippen molar-refractivity contribution < 1.29 is 14.6 Å². The quantitative estimate of drug-likeness (QED) is 0.247. The van der Waals surface area contributed by atoms with Gasteiger partial charge in [-0.2, -0.15) is 0 Å². The second-order valence-corrected chi connectivity index (χ2v) is 8.11. The van der Waals surface area contributed by atoms with Crippen LogP contribution in [-0.2, 0) is 9.36 Å². The van der Waals surface area contributed by atoms with Crippen LogP contribution in [0.2, 0.25) is 0 Å². The highest BCUT2D eigenvalue weighted by molar-refractivity contribution is 7.62. The van der Waals surface area contributed by atoms with E-state index in [9.17, 15) is 9.36 Å². The lowest BCUT2D eigenvalue weighted by molar-refractivity contribution is -0.159. The molecule has 15 heavy (non-hydrogen) atoms. The third kappa shape index (κ3) is 3.59. The molecule has 0 aromatic rings. The molecule has 0 radical (unpaired) electrons. The topological polar surface area (TPSA) is 60.9 Å². The van der Waals surface area contributed by atoms with Crippen LogP contribution in [0.3, 0.4) is 0 Å². The summed E-state index contributed by atoms with van der Waals surface area (Å²) < 4.78 is 11.9. The molecule has 0 aliphatic heterocycles. The van der Waals surface area contributed by atoms with Crippen LogP contribution in [0.5, 0.6) is 0 Å². The molecule has 0 aromatic carbocycles. The highest BCUT2D eigenvalue weighted by atomic mass is 31.2. The van der Waals surface area contributed by atoms with E-state index in [1.54, 1.807) is 13.3 Å². The number of carbonyl (C=O) groups is 1. The lowest BCUT2D eigenvalue weighted by Gasteiger charge is -2.32. The van der Waals surface area contributed by atoms with Crippen molar-refractivity contribution in [1.29, 1.82) is 0 Å². The first-order valence-corrected chi connectivity index (χ1v) is 7.74. The second-order valence-electron chi connectivity index (χ2n) is 4.50. The summed E-state index contributed by atoms with van der Waals surface area (Å²) in [6.45, 7) is 5.49. The van der Waals surface area contributed by atoms with Gasteiger partial charge in [0.1, 0.15) is 6.67 Å². The van der Waals surface area contributed by atoms with Crippen LogP contribution in [0, 0.1) is 0 Å². The molecule has 1 amide bonds. The van der Waals surface area contributed by atoms with Crippen LogP contribution in [0.25, 0.3) is 0 Å². The maximum absolute atomic E-state index is 11.9. The van der Waals surface area contributed by atoms with Crippen molar-refractivity contribution in [3.63, 3.8) is 0 Å². The first-order valence-electron chi connectivity index (χ1n) is 5.07. The molecule has 0 aromatic heterocycles. The van der Waals surface area contributed by atoms with Gasteiger partial charge in [0.15, 0.2) is 0 Å². The molecule has 1 N–H and O–H groups in total. The fourth-order valence-electron chi connectivity index (χ4n) is 1.50. The molecule has 6 heteroatoms. The number of hydroxylamine groups is 2. The van der Waals surface area contributed by atoms with E-state index in [0.29, 0.717) is 17.5 Å². The van der Waals surface area contributed by atoms with Gasteiger partial charge in [0.05, 0.1) is 12.9 Å². The van der Waals surface area contributed by atoms with Gasteiger partial charge in [-0.3, -0.25) is 14.9 Å². The summed E-state index contributed by atoms with van der Waals surface area (Å²) in [4.78, 5) is 12.3. The van der Waals surface area contributed by atoms with Crippen molar-refractivity contribution in [3.8, 4) is 0 Å². The highest BCUT2D eigenvalue weighted by Gasteiger charge is 2.37. The van der Waals surface area contributed by atoms with Crippen molar-refractivity contribution in [2.75, 3.05) is 20.0 Å². The van der Waals surface area contributed by atoms with E-state index in [0.717, 1.165) is 12.8 Å². The third-order valence-corrected chi connectivity index (χ3v) is 4.92. The predicted molar refractivity (Wildman–Crippen MR) is 58.3 cm³/mol. The summed E-state index contributed by atoms with van der Waals surface area (Å²) in [6, 6.07) is 0.364. The average Bonchev–Trinajstić information content (AvgIpc) is 2.94. The summed E-state index contributed by atoms with van der Waals surface area (Å²) in [6.07, 6.45) is 2.48. The van der Waals surface area contributed by atoms with E-state index >= 15 is 0 Å². The zero-order valence-corrected chi connectivity index (χ0v) is 10.4. The first-order chi connectivity index (χ1) is 6.86. The molecular weight excluding hydrogens is 215 g/mol. The maximum atomic E-state index is 11.9. The zero-order valence-electron chi connectivity index (χ0n) is 9.46. The molecule has 0 spiro atoms. The summed E-state index contributed by atoms with van der Waals surface area (Å²) in [5.74, 6) is -0.0976. The number of hydrogen-bond acceptors (Lipinski definition) is 4. The van der Waals surface area contributed by atoms with E-state index in [2.05, 4.69) is 0 Å². The van der Waals surface area contributed by atoms with Crippen molar-refractivity contribution >= 4 is 13.6 Å². The van der Waals surface area contributed by atoms with Gasteiger partial charge >= 0.3 is 0 Å². The summed E-state index contributed by atoms with van der Waals surface area (Å²) >= 11 is 0. The van der Waals surface area contributed by atoms with Gasteiger partial charge in [-0.05, 0) is 33.1 Å². The molecule has 5 nitrogen and oxygen atoms in total. The average molecular weight is 234 g/mol. The standard InChI is InChI=1S/C9H19N2O3P/c1-8(15(2,3)14)11(9-4-5-9)6-10(13)7-12/h7-9,13H,4-6H2,1-3H3. The van der Waals surface area contributed by atoms with E-state index in [-0.39, 0.29) is 12.5 Å². The zero-order chi connectivity index (χ0) is 11.6. The maximum Gasteiger partial charge on any atom is 0.234 e. The minimum Gasteiger partial charge on any atom is -0.323 e. The fraction of sp³-hybridized carbons (Fsp3) is 0.889. The smallest absolute Gasteiger partial charge is 0.234 e. The van der Waals surface area contributed by atoms with Gasteiger partial charge in [0, 0.05) is 6.04 Å². The van der Waals surface area contributed by atoms with Crippen LogP contribution in [0.1, 0.15) is 19.8 Å². The third-order valence-electron chi connectivity index (χ3n) is 2.83. The molecule has 1 fully saturated rings. The van der Waals surface area contributed by atoms with E-state index in [4.69, 9.17) is 5.21 Å². The Kier molecular flexibility index (Phi) is 3.93. The summed E-state index contributed by atoms with van der Waals surface area (Å²) in [5, 5.41) is 9.76. The van der Waals surface area contributed by atoms with Gasteiger partial charge < -0.3 is 4.57 Å². The van der Waals surface area contributed by atoms with Gasteiger partial charge in [-0.15, -0.1) is 0 Å². The van der Waals surface area contributed by atoms with Crippen molar-refractivity contribution in [2.24, 2.45) is 0 Å². The van der Waals surface area contributed by atoms with Crippen molar-refractivity contribution in [1.82, 2.24) is 9.96 Å². The van der Waals surface area contributed by atoms with Gasteiger partial charge in [-0.1, -0.05) is 0 Å². The number of rotatable bonds is 6. The molecule has 1 aliphatic carbocycles. The molecule has 88 valence electrons. The SMILES string of the molecule is CC(N(CN(O)C=O)C1CC1)P(C)(C)=O. The molecule has 0 heterocycles. The normalized spacial score (nSPS) is 19.0. The van der Waals surface area contributed by atoms with Gasteiger partial charge in [0.25, 0.3) is 0 Å². The first kappa shape index (κ1) is 12.7. The van der Waals surface area contributed by atoms with E-state index in [1.807, 2.05) is 11.8 Å². The Balaban J connectivity index is 2.65. The fourth-order valence-corrected chi connectivity index (χ4v) is 2.48. The lowest BCUT2D eigenvalue weighted by Crippen LogP contribution is -2.42. The predicted octanol–water partition coefficient (Wildman–Crippen LogP) is 1.22. The molecule has 1 saturated carbocycles. The van der Waals surface area contributed by atoms with E-state index in [1.165, 1.54) is 0 Å². The molecular formula is C9H19N2O3P. The minimum absolute atomic E-state index is 0.0976. The molecule has 1 unspecified atom stereocenters. The van der Waals surface area contributed by atoms with Crippen LogP contribution in [0.15, 0.2) is 0 Å². The molecule has 1 rings (SSSR count). The molecule has 0 bridgehead atoms. The van der Waals surface area contributed by atoms with E-state index < -0.39 is 7.14 Å². The number of nitrogens with zero attached hydrogens (tertiary/aromatic N) is 2. The lowest BCUT2D eigenvalue weighted by atomic mass is 10.5. The molecule has 0 saturated heterocycles. The van der Waals surface area contributed by atoms with Gasteiger partial charge in [0.2, 0.25) is 6.41 Å². The minimum atomic E-state index is -2.22. The van der Waals surface area contributed by atoms with Crippen LogP contribution < -0.4 is 0 Å². The summed E-state index contributed by atoms with van der Waals surface area (Å²) in [5.41, 5.74) is 0. The Hall–Kier alpha value is -0.380.